The molecule has 0 unspecified atom stereocenters. The first-order chi connectivity index (χ1) is 3.06. The van der Waals surface area contributed by atoms with E-state index in [1.165, 1.54) is 0 Å². The number of rotatable bonds is 0. The molecule has 0 atom stereocenters. The molecular formula is C6H10N+. The zero-order chi connectivity index (χ0) is 5.91. The molecule has 0 saturated heterocycles. The monoisotopic (exact) mass is 96.1 g/mol. The van der Waals surface area contributed by atoms with Crippen molar-refractivity contribution >= 4 is 0 Å². The normalized spacial score (nSPS) is 10.0. The van der Waals surface area contributed by atoms with Gasteiger partial charge in [-0.3, -0.25) is 0 Å². The van der Waals surface area contributed by atoms with Gasteiger partial charge in [-0.1, -0.05) is 0 Å². The van der Waals surface area contributed by atoms with Crippen molar-refractivity contribution in [3.8, 4) is 6.07 Å². The molecule has 0 saturated carbocycles. The van der Waals surface area contributed by atoms with Crippen LogP contribution < -0.4 is 0 Å². The van der Waals surface area contributed by atoms with Crippen molar-refractivity contribution in [3.05, 3.63) is 6.42 Å². The van der Waals surface area contributed by atoms with E-state index in [-0.39, 0.29) is 5.41 Å². The van der Waals surface area contributed by atoms with Crippen LogP contribution in [0, 0.1) is 23.2 Å². The van der Waals surface area contributed by atoms with Gasteiger partial charge in [-0.05, 0) is 20.8 Å². The van der Waals surface area contributed by atoms with Gasteiger partial charge in [0.2, 0.25) is 0 Å². The summed E-state index contributed by atoms with van der Waals surface area (Å²) in [7, 11) is 0. The molecule has 0 aliphatic rings. The van der Waals surface area contributed by atoms with Crippen LogP contribution in [-0.2, 0) is 0 Å². The highest BCUT2D eigenvalue weighted by atomic mass is 14.3. The molecule has 0 aromatic rings. The van der Waals surface area contributed by atoms with Crippen molar-refractivity contribution in [2.45, 2.75) is 20.8 Å². The summed E-state index contributed by atoms with van der Waals surface area (Å²) < 4.78 is 0. The lowest BCUT2D eigenvalue weighted by Crippen LogP contribution is -2.02. The zero-order valence-electron chi connectivity index (χ0n) is 5.02. The Labute approximate surface area is 45.0 Å². The summed E-state index contributed by atoms with van der Waals surface area (Å²) in [5.41, 5.74) is 0.0642. The quantitative estimate of drug-likeness (QED) is 0.421. The Kier molecular flexibility index (Phi) is 1.71. The van der Waals surface area contributed by atoms with Gasteiger partial charge < -0.3 is 0 Å². The van der Waals surface area contributed by atoms with Gasteiger partial charge in [0, 0.05) is 0 Å². The zero-order valence-corrected chi connectivity index (χ0v) is 5.02. The molecule has 0 aromatic heterocycles. The molecule has 1 heteroatoms. The number of nitriles is 1. The van der Waals surface area contributed by atoms with E-state index in [1.54, 1.807) is 6.42 Å². The molecule has 0 fully saturated rings. The van der Waals surface area contributed by atoms with E-state index in [2.05, 4.69) is 0 Å². The van der Waals surface area contributed by atoms with Crippen molar-refractivity contribution < 1.29 is 0 Å². The predicted molar refractivity (Wildman–Crippen MR) is 29.4 cm³/mol. The maximum absolute atomic E-state index is 8.10. The van der Waals surface area contributed by atoms with Crippen LogP contribution in [0.4, 0.5) is 0 Å². The van der Waals surface area contributed by atoms with Crippen LogP contribution in [-0.4, -0.2) is 0 Å². The smallest absolute Gasteiger partial charge is 0.142 e. The average Bonchev–Trinajstić information content (AvgIpc) is 1.30. The number of hydrogen-bond acceptors (Lipinski definition) is 1. The molecular weight excluding hydrogens is 86.1 g/mol. The fourth-order valence-electron chi connectivity index (χ4n) is 0.194. The largest absolute Gasteiger partial charge is 0.288 e. The van der Waals surface area contributed by atoms with Crippen LogP contribution in [0.2, 0.25) is 0 Å². The van der Waals surface area contributed by atoms with Crippen molar-refractivity contribution in [3.63, 3.8) is 0 Å². The van der Waals surface area contributed by atoms with Gasteiger partial charge in [0.1, 0.15) is 5.41 Å². The standard InChI is InChI=1S/C6H10N/c1-6(2,3)4-5-7/h4H,1-3H3/q+1. The third-order valence-corrected chi connectivity index (χ3v) is 0.498. The molecule has 0 aliphatic heterocycles. The molecule has 0 heterocycles. The summed E-state index contributed by atoms with van der Waals surface area (Å²) in [6, 6.07) is 1.98. The lowest BCUT2D eigenvalue weighted by atomic mass is 9.93. The second-order valence-electron chi connectivity index (χ2n) is 2.64. The van der Waals surface area contributed by atoms with E-state index < -0.39 is 0 Å². The highest BCUT2D eigenvalue weighted by molar-refractivity contribution is 4.99. The average molecular weight is 96.2 g/mol. The maximum atomic E-state index is 8.10. The number of nitrogens with zero attached hydrogens (tertiary/aromatic N) is 1. The third kappa shape index (κ3) is 5.36. The van der Waals surface area contributed by atoms with Crippen LogP contribution in [0.25, 0.3) is 0 Å². The van der Waals surface area contributed by atoms with Gasteiger partial charge in [0.05, 0.1) is 0 Å². The third-order valence-electron chi connectivity index (χ3n) is 0.498. The second-order valence-corrected chi connectivity index (χ2v) is 2.64. The Balaban J connectivity index is 3.40. The van der Waals surface area contributed by atoms with Gasteiger partial charge in [-0.2, -0.15) is 0 Å². The SMILES string of the molecule is CC(C)(C)[CH+]C#N. The topological polar surface area (TPSA) is 23.8 Å². The Morgan fingerprint density at radius 3 is 1.86 bits per heavy atom. The molecule has 1 nitrogen and oxygen atoms in total. The minimum atomic E-state index is 0.0642. The fourth-order valence-corrected chi connectivity index (χ4v) is 0.194. The molecule has 0 amide bonds. The summed E-state index contributed by atoms with van der Waals surface area (Å²) in [6.45, 7) is 5.99. The molecule has 0 rings (SSSR count). The van der Waals surface area contributed by atoms with Crippen LogP contribution in [0.3, 0.4) is 0 Å². The first-order valence-corrected chi connectivity index (χ1v) is 2.30. The van der Waals surface area contributed by atoms with Gasteiger partial charge in [0.25, 0.3) is 6.07 Å². The highest BCUT2D eigenvalue weighted by Gasteiger charge is 2.19. The maximum Gasteiger partial charge on any atom is 0.288 e. The molecule has 38 valence electrons. The lowest BCUT2D eigenvalue weighted by Gasteiger charge is -1.99. The predicted octanol–water partition coefficient (Wildman–Crippen LogP) is 1.76. The van der Waals surface area contributed by atoms with Crippen LogP contribution in [0.5, 0.6) is 0 Å². The number of hydrogen-bond donors (Lipinski definition) is 0. The van der Waals surface area contributed by atoms with E-state index in [4.69, 9.17) is 5.26 Å². The molecule has 0 N–H and O–H groups in total. The Morgan fingerprint density at radius 1 is 1.43 bits per heavy atom. The molecule has 0 radical (unpaired) electrons. The van der Waals surface area contributed by atoms with Crippen LogP contribution in [0.15, 0.2) is 0 Å². The summed E-state index contributed by atoms with van der Waals surface area (Å²) in [4.78, 5) is 0. The first-order valence-electron chi connectivity index (χ1n) is 2.30. The van der Waals surface area contributed by atoms with Gasteiger partial charge in [0.15, 0.2) is 6.42 Å². The van der Waals surface area contributed by atoms with Gasteiger partial charge >= 0.3 is 0 Å². The van der Waals surface area contributed by atoms with Gasteiger partial charge in [-0.15, -0.1) is 5.26 Å². The van der Waals surface area contributed by atoms with Crippen molar-refractivity contribution in [2.24, 2.45) is 5.41 Å². The first kappa shape index (κ1) is 6.36. The van der Waals surface area contributed by atoms with E-state index in [0.717, 1.165) is 0 Å². The Hall–Kier alpha value is -0.640. The summed E-state index contributed by atoms with van der Waals surface area (Å²) >= 11 is 0. The molecule has 0 bridgehead atoms. The Morgan fingerprint density at radius 2 is 1.86 bits per heavy atom. The lowest BCUT2D eigenvalue weighted by molar-refractivity contribution is 0.513. The fraction of sp³-hybridized carbons (Fsp3) is 0.667. The second kappa shape index (κ2) is 1.88. The van der Waals surface area contributed by atoms with E-state index in [1.807, 2.05) is 26.8 Å². The molecule has 0 spiro atoms. The van der Waals surface area contributed by atoms with Crippen LogP contribution in [0.1, 0.15) is 20.8 Å². The Bertz CT molecular complexity index is 81.3. The van der Waals surface area contributed by atoms with E-state index in [9.17, 15) is 0 Å². The van der Waals surface area contributed by atoms with E-state index in [0.29, 0.717) is 0 Å². The summed E-state index contributed by atoms with van der Waals surface area (Å²) in [6.07, 6.45) is 1.62. The highest BCUT2D eigenvalue weighted by Crippen LogP contribution is 2.15. The van der Waals surface area contributed by atoms with Crippen molar-refractivity contribution in [1.82, 2.24) is 0 Å². The minimum absolute atomic E-state index is 0.0642. The summed E-state index contributed by atoms with van der Waals surface area (Å²) in [5.74, 6) is 0. The molecule has 0 aromatic carbocycles. The van der Waals surface area contributed by atoms with Crippen molar-refractivity contribution in [2.75, 3.05) is 0 Å². The van der Waals surface area contributed by atoms with Gasteiger partial charge in [-0.25, -0.2) is 0 Å². The molecule has 7 heavy (non-hydrogen) atoms. The summed E-state index contributed by atoms with van der Waals surface area (Å²) in [5, 5.41) is 8.10. The van der Waals surface area contributed by atoms with Crippen molar-refractivity contribution in [1.29, 1.82) is 5.26 Å². The van der Waals surface area contributed by atoms with Crippen LogP contribution >= 0.6 is 0 Å². The molecule has 0 aliphatic carbocycles. The minimum Gasteiger partial charge on any atom is -0.142 e. The van der Waals surface area contributed by atoms with E-state index >= 15 is 0 Å².